The lowest BCUT2D eigenvalue weighted by molar-refractivity contribution is 0.309. The minimum absolute atomic E-state index is 0.233. The quantitative estimate of drug-likeness (QED) is 0.707. The van der Waals surface area contributed by atoms with Crippen LogP contribution in [0.2, 0.25) is 5.02 Å². The SMILES string of the molecule is Cc1ccc2cccc(OCc3c(Cl)cccc3C#N)c2n1. The van der Waals surface area contributed by atoms with Crippen LogP contribution >= 0.6 is 11.6 Å². The van der Waals surface area contributed by atoms with Crippen LogP contribution in [0.1, 0.15) is 16.8 Å². The van der Waals surface area contributed by atoms with Gasteiger partial charge in [0.05, 0.1) is 11.6 Å². The number of nitrogens with zero attached hydrogens (tertiary/aromatic N) is 2. The third-order valence-electron chi connectivity index (χ3n) is 3.43. The maximum absolute atomic E-state index is 9.17. The smallest absolute Gasteiger partial charge is 0.146 e. The van der Waals surface area contributed by atoms with Crippen molar-refractivity contribution in [2.45, 2.75) is 13.5 Å². The predicted octanol–water partition coefficient (Wildman–Crippen LogP) is 4.65. The Morgan fingerprint density at radius 2 is 1.95 bits per heavy atom. The Labute approximate surface area is 133 Å². The van der Waals surface area contributed by atoms with Gasteiger partial charge in [-0.1, -0.05) is 35.9 Å². The van der Waals surface area contributed by atoms with Gasteiger partial charge < -0.3 is 4.74 Å². The van der Waals surface area contributed by atoms with Crippen LogP contribution in [0.5, 0.6) is 5.75 Å². The molecule has 3 aromatic rings. The van der Waals surface area contributed by atoms with E-state index >= 15 is 0 Å². The molecule has 0 aliphatic heterocycles. The number of halogens is 1. The number of hydrogen-bond donors (Lipinski definition) is 0. The zero-order valence-corrected chi connectivity index (χ0v) is 12.8. The Bertz CT molecular complexity index is 884. The van der Waals surface area contributed by atoms with Crippen LogP contribution < -0.4 is 4.74 Å². The second-order valence-corrected chi connectivity index (χ2v) is 5.35. The molecular weight excluding hydrogens is 296 g/mol. The molecule has 0 bridgehead atoms. The molecule has 4 heteroatoms. The minimum atomic E-state index is 0.233. The first-order valence-corrected chi connectivity index (χ1v) is 7.23. The molecule has 0 saturated carbocycles. The van der Waals surface area contributed by atoms with E-state index in [1.807, 2.05) is 37.3 Å². The maximum atomic E-state index is 9.17. The van der Waals surface area contributed by atoms with E-state index in [4.69, 9.17) is 16.3 Å². The lowest BCUT2D eigenvalue weighted by Gasteiger charge is -2.11. The molecule has 0 N–H and O–H groups in total. The molecular formula is C18H13ClN2O. The van der Waals surface area contributed by atoms with Gasteiger partial charge in [0.25, 0.3) is 0 Å². The molecule has 1 aromatic heterocycles. The third kappa shape index (κ3) is 2.74. The van der Waals surface area contributed by atoms with Crippen LogP contribution in [-0.4, -0.2) is 4.98 Å². The normalized spacial score (nSPS) is 10.4. The lowest BCUT2D eigenvalue weighted by atomic mass is 10.1. The maximum Gasteiger partial charge on any atom is 0.146 e. The van der Waals surface area contributed by atoms with Crippen LogP contribution in [0, 0.1) is 18.3 Å². The predicted molar refractivity (Wildman–Crippen MR) is 87.0 cm³/mol. The summed E-state index contributed by atoms with van der Waals surface area (Å²) in [6.45, 7) is 2.18. The molecule has 1 heterocycles. The molecule has 0 spiro atoms. The summed E-state index contributed by atoms with van der Waals surface area (Å²) >= 11 is 6.17. The Kier molecular flexibility index (Phi) is 3.95. The molecule has 0 saturated heterocycles. The molecule has 0 aliphatic carbocycles. The second kappa shape index (κ2) is 6.05. The van der Waals surface area contributed by atoms with Crippen molar-refractivity contribution in [3.63, 3.8) is 0 Å². The highest BCUT2D eigenvalue weighted by Gasteiger charge is 2.09. The van der Waals surface area contributed by atoms with Gasteiger partial charge in [-0.3, -0.25) is 0 Å². The standard InChI is InChI=1S/C18H13ClN2O/c1-12-8-9-13-4-3-7-17(18(13)21-12)22-11-15-14(10-20)5-2-6-16(15)19/h2-9H,11H2,1H3. The van der Waals surface area contributed by atoms with Crippen molar-refractivity contribution < 1.29 is 4.74 Å². The molecule has 3 rings (SSSR count). The summed E-state index contributed by atoms with van der Waals surface area (Å²) in [6.07, 6.45) is 0. The number of benzene rings is 2. The summed E-state index contributed by atoms with van der Waals surface area (Å²) in [7, 11) is 0. The molecule has 108 valence electrons. The van der Waals surface area contributed by atoms with Crippen LogP contribution in [0.25, 0.3) is 10.9 Å². The Hall–Kier alpha value is -2.57. The van der Waals surface area contributed by atoms with Crippen LogP contribution in [-0.2, 0) is 6.61 Å². The highest BCUT2D eigenvalue weighted by Crippen LogP contribution is 2.27. The average molecular weight is 309 g/mol. The fourth-order valence-corrected chi connectivity index (χ4v) is 2.52. The monoisotopic (exact) mass is 308 g/mol. The molecule has 0 atom stereocenters. The van der Waals surface area contributed by atoms with Gasteiger partial charge in [0, 0.05) is 21.7 Å². The zero-order chi connectivity index (χ0) is 15.5. The summed E-state index contributed by atoms with van der Waals surface area (Å²) in [5, 5.41) is 10.7. The largest absolute Gasteiger partial charge is 0.487 e. The van der Waals surface area contributed by atoms with Gasteiger partial charge in [0.2, 0.25) is 0 Å². The van der Waals surface area contributed by atoms with E-state index in [0.717, 1.165) is 16.6 Å². The summed E-state index contributed by atoms with van der Waals surface area (Å²) in [4.78, 5) is 4.53. The van der Waals surface area contributed by atoms with Gasteiger partial charge in [0.15, 0.2) is 0 Å². The number of hydrogen-bond acceptors (Lipinski definition) is 3. The van der Waals surface area contributed by atoms with Gasteiger partial charge in [-0.25, -0.2) is 4.98 Å². The average Bonchev–Trinajstić information content (AvgIpc) is 2.53. The topological polar surface area (TPSA) is 45.9 Å². The van der Waals surface area contributed by atoms with Crippen molar-refractivity contribution in [2.24, 2.45) is 0 Å². The summed E-state index contributed by atoms with van der Waals surface area (Å²) in [6, 6.07) is 17.2. The van der Waals surface area contributed by atoms with Crippen LogP contribution in [0.15, 0.2) is 48.5 Å². The first kappa shape index (κ1) is 14.4. The molecule has 0 unspecified atom stereocenters. The van der Waals surface area contributed by atoms with E-state index in [9.17, 15) is 5.26 Å². The number of nitriles is 1. The Morgan fingerprint density at radius 1 is 1.14 bits per heavy atom. The van der Waals surface area contributed by atoms with E-state index in [-0.39, 0.29) is 6.61 Å². The lowest BCUT2D eigenvalue weighted by Crippen LogP contribution is -2.00. The minimum Gasteiger partial charge on any atom is -0.487 e. The summed E-state index contributed by atoms with van der Waals surface area (Å²) in [5.74, 6) is 0.685. The van der Waals surface area contributed by atoms with E-state index in [1.54, 1.807) is 18.2 Å². The highest BCUT2D eigenvalue weighted by atomic mass is 35.5. The second-order valence-electron chi connectivity index (χ2n) is 4.95. The number of pyridine rings is 1. The van der Waals surface area contributed by atoms with Crippen molar-refractivity contribution >= 4 is 22.5 Å². The molecule has 0 aliphatic rings. The van der Waals surface area contributed by atoms with E-state index in [2.05, 4.69) is 11.1 Å². The van der Waals surface area contributed by atoms with Crippen molar-refractivity contribution in [2.75, 3.05) is 0 Å². The summed E-state index contributed by atoms with van der Waals surface area (Å²) < 4.78 is 5.89. The van der Waals surface area contributed by atoms with Crippen LogP contribution in [0.3, 0.4) is 0 Å². The van der Waals surface area contributed by atoms with Crippen molar-refractivity contribution in [1.82, 2.24) is 4.98 Å². The molecule has 0 fully saturated rings. The number of rotatable bonds is 3. The van der Waals surface area contributed by atoms with Crippen molar-refractivity contribution in [3.05, 3.63) is 70.4 Å². The molecule has 3 nitrogen and oxygen atoms in total. The molecule has 2 aromatic carbocycles. The molecule has 0 radical (unpaired) electrons. The van der Waals surface area contributed by atoms with Gasteiger partial charge >= 0.3 is 0 Å². The van der Waals surface area contributed by atoms with Gasteiger partial charge in [-0.2, -0.15) is 5.26 Å². The van der Waals surface area contributed by atoms with Gasteiger partial charge in [0.1, 0.15) is 17.9 Å². The fourth-order valence-electron chi connectivity index (χ4n) is 2.29. The van der Waals surface area contributed by atoms with E-state index < -0.39 is 0 Å². The van der Waals surface area contributed by atoms with Gasteiger partial charge in [-0.15, -0.1) is 0 Å². The number of para-hydroxylation sites is 1. The number of ether oxygens (including phenoxy) is 1. The van der Waals surface area contributed by atoms with E-state index in [1.165, 1.54) is 0 Å². The first-order chi connectivity index (χ1) is 10.7. The zero-order valence-electron chi connectivity index (χ0n) is 12.0. The first-order valence-electron chi connectivity index (χ1n) is 6.85. The van der Waals surface area contributed by atoms with Crippen LogP contribution in [0.4, 0.5) is 0 Å². The van der Waals surface area contributed by atoms with Gasteiger partial charge in [-0.05, 0) is 31.2 Å². The van der Waals surface area contributed by atoms with E-state index in [0.29, 0.717) is 21.9 Å². The highest BCUT2D eigenvalue weighted by molar-refractivity contribution is 6.31. The van der Waals surface area contributed by atoms with Crippen molar-refractivity contribution in [1.29, 1.82) is 5.26 Å². The summed E-state index contributed by atoms with van der Waals surface area (Å²) in [5.41, 5.74) is 2.96. The Morgan fingerprint density at radius 3 is 2.77 bits per heavy atom. The number of aryl methyl sites for hydroxylation is 1. The third-order valence-corrected chi connectivity index (χ3v) is 3.79. The fraction of sp³-hybridized carbons (Fsp3) is 0.111. The number of aromatic nitrogens is 1. The Balaban J connectivity index is 1.96. The number of fused-ring (bicyclic) bond motifs is 1. The molecule has 0 amide bonds. The van der Waals surface area contributed by atoms with Crippen molar-refractivity contribution in [3.8, 4) is 11.8 Å². The molecule has 22 heavy (non-hydrogen) atoms.